The van der Waals surface area contributed by atoms with E-state index in [2.05, 4.69) is 10.5 Å². The lowest BCUT2D eigenvalue weighted by Crippen LogP contribution is -2.12. The molecule has 0 saturated heterocycles. The Bertz CT molecular complexity index is 1010. The number of halogens is 1. The summed E-state index contributed by atoms with van der Waals surface area (Å²) in [6.07, 6.45) is 1.76. The van der Waals surface area contributed by atoms with Crippen molar-refractivity contribution in [1.29, 1.82) is 0 Å². The monoisotopic (exact) mass is 396 g/mol. The number of nitrogens with zero attached hydrogens (tertiary/aromatic N) is 1. The molecule has 0 spiro atoms. The van der Waals surface area contributed by atoms with E-state index in [1.54, 1.807) is 43.3 Å². The number of anilines is 1. The third kappa shape index (κ3) is 5.07. The van der Waals surface area contributed by atoms with Gasteiger partial charge in [0.2, 0.25) is 0 Å². The number of benzene rings is 2. The van der Waals surface area contributed by atoms with E-state index in [0.717, 1.165) is 12.8 Å². The summed E-state index contributed by atoms with van der Waals surface area (Å²) in [6, 6.07) is 12.4. The van der Waals surface area contributed by atoms with E-state index in [1.807, 2.05) is 6.92 Å². The second-order valence-corrected chi connectivity index (χ2v) is 6.56. The Morgan fingerprint density at radius 1 is 1.14 bits per heavy atom. The van der Waals surface area contributed by atoms with E-state index in [9.17, 15) is 14.0 Å². The van der Waals surface area contributed by atoms with Gasteiger partial charge in [0.05, 0.1) is 12.2 Å². The van der Waals surface area contributed by atoms with Gasteiger partial charge in [0.15, 0.2) is 11.5 Å². The van der Waals surface area contributed by atoms with Crippen molar-refractivity contribution < 1.29 is 23.2 Å². The molecule has 0 saturated carbocycles. The number of esters is 1. The van der Waals surface area contributed by atoms with Crippen LogP contribution in [0.5, 0.6) is 0 Å². The molecule has 0 aliphatic heterocycles. The fourth-order valence-corrected chi connectivity index (χ4v) is 2.54. The van der Waals surface area contributed by atoms with Crippen LogP contribution in [0, 0.1) is 12.7 Å². The number of hydrogen-bond donors (Lipinski definition) is 1. The molecule has 1 aromatic heterocycles. The predicted octanol–water partition coefficient (Wildman–Crippen LogP) is 5.00. The highest BCUT2D eigenvalue weighted by molar-refractivity contribution is 6.03. The highest BCUT2D eigenvalue weighted by Crippen LogP contribution is 2.23. The van der Waals surface area contributed by atoms with Gasteiger partial charge in [0, 0.05) is 17.3 Å². The molecule has 7 heteroatoms. The summed E-state index contributed by atoms with van der Waals surface area (Å²) in [5.74, 6) is -0.953. The second-order valence-electron chi connectivity index (χ2n) is 6.56. The van der Waals surface area contributed by atoms with Crippen molar-refractivity contribution in [3.63, 3.8) is 0 Å². The molecule has 6 nitrogen and oxygen atoms in total. The first-order valence-corrected chi connectivity index (χ1v) is 9.29. The predicted molar refractivity (Wildman–Crippen MR) is 106 cm³/mol. The van der Waals surface area contributed by atoms with Crippen LogP contribution in [0.3, 0.4) is 0 Å². The van der Waals surface area contributed by atoms with Gasteiger partial charge in [-0.2, -0.15) is 0 Å². The van der Waals surface area contributed by atoms with Crippen LogP contribution >= 0.6 is 0 Å². The minimum atomic E-state index is -0.481. The van der Waals surface area contributed by atoms with Crippen LogP contribution in [0.25, 0.3) is 11.3 Å². The van der Waals surface area contributed by atoms with Crippen LogP contribution in [-0.4, -0.2) is 23.6 Å². The summed E-state index contributed by atoms with van der Waals surface area (Å²) in [6.45, 7) is 4.06. The fourth-order valence-electron chi connectivity index (χ4n) is 2.54. The highest BCUT2D eigenvalue weighted by atomic mass is 19.1. The summed E-state index contributed by atoms with van der Waals surface area (Å²) in [5, 5.41) is 6.42. The average molecular weight is 396 g/mol. The lowest BCUT2D eigenvalue weighted by molar-refractivity contribution is 0.0499. The Hall–Kier alpha value is -3.48. The van der Waals surface area contributed by atoms with Gasteiger partial charge in [-0.1, -0.05) is 30.6 Å². The number of rotatable bonds is 7. The fraction of sp³-hybridized carbons (Fsp3) is 0.227. The normalized spacial score (nSPS) is 10.6. The number of aryl methyl sites for hydroxylation is 1. The third-order valence-corrected chi connectivity index (χ3v) is 4.31. The SMILES string of the molecule is CCCCOC(=O)c1ccc(NC(=O)c2cc(-c3ccc(C)c(F)c3)on2)cc1. The van der Waals surface area contributed by atoms with Crippen LogP contribution in [0.15, 0.2) is 53.1 Å². The van der Waals surface area contributed by atoms with Gasteiger partial charge in [0.25, 0.3) is 5.91 Å². The van der Waals surface area contributed by atoms with Crippen molar-refractivity contribution in [2.45, 2.75) is 26.7 Å². The van der Waals surface area contributed by atoms with Crippen LogP contribution < -0.4 is 5.32 Å². The summed E-state index contributed by atoms with van der Waals surface area (Å²) in [4.78, 5) is 24.3. The summed E-state index contributed by atoms with van der Waals surface area (Å²) in [5.41, 5.74) is 1.97. The van der Waals surface area contributed by atoms with E-state index in [1.165, 1.54) is 12.1 Å². The topological polar surface area (TPSA) is 81.4 Å². The Balaban J connectivity index is 1.64. The number of ether oxygens (including phenoxy) is 1. The standard InChI is InChI=1S/C22H21FN2O4/c1-3-4-11-28-22(27)15-7-9-17(10-8-15)24-21(26)19-13-20(29-25-19)16-6-5-14(2)18(23)12-16/h5-10,12-13H,3-4,11H2,1-2H3,(H,24,26). The highest BCUT2D eigenvalue weighted by Gasteiger charge is 2.15. The van der Waals surface area contributed by atoms with Crippen LogP contribution in [0.2, 0.25) is 0 Å². The van der Waals surface area contributed by atoms with Crippen LogP contribution in [0.1, 0.15) is 46.2 Å². The Morgan fingerprint density at radius 2 is 1.90 bits per heavy atom. The van der Waals surface area contributed by atoms with Crippen molar-refractivity contribution in [1.82, 2.24) is 5.16 Å². The third-order valence-electron chi connectivity index (χ3n) is 4.31. The Morgan fingerprint density at radius 3 is 2.59 bits per heavy atom. The van der Waals surface area contributed by atoms with E-state index in [0.29, 0.717) is 34.7 Å². The quantitative estimate of drug-likeness (QED) is 0.449. The van der Waals surface area contributed by atoms with Crippen molar-refractivity contribution in [2.75, 3.05) is 11.9 Å². The van der Waals surface area contributed by atoms with E-state index in [4.69, 9.17) is 9.26 Å². The Kier molecular flexibility index (Phi) is 6.39. The number of carbonyl (C=O) groups is 2. The second kappa shape index (κ2) is 9.14. The van der Waals surface area contributed by atoms with Crippen LogP contribution in [-0.2, 0) is 4.74 Å². The number of carbonyl (C=O) groups excluding carboxylic acids is 2. The zero-order valence-electron chi connectivity index (χ0n) is 16.2. The first kappa shape index (κ1) is 20.3. The zero-order valence-corrected chi connectivity index (χ0v) is 16.2. The van der Waals surface area contributed by atoms with Crippen molar-refractivity contribution in [2.24, 2.45) is 0 Å². The van der Waals surface area contributed by atoms with Gasteiger partial charge in [-0.05, 0) is 49.2 Å². The zero-order chi connectivity index (χ0) is 20.8. The van der Waals surface area contributed by atoms with Crippen LogP contribution in [0.4, 0.5) is 10.1 Å². The molecule has 0 atom stereocenters. The van der Waals surface area contributed by atoms with E-state index in [-0.39, 0.29) is 11.5 Å². The number of aromatic nitrogens is 1. The number of unbranched alkanes of at least 4 members (excludes halogenated alkanes) is 1. The maximum atomic E-state index is 13.7. The smallest absolute Gasteiger partial charge is 0.338 e. The Labute approximate surface area is 167 Å². The van der Waals surface area contributed by atoms with Gasteiger partial charge < -0.3 is 14.6 Å². The minimum Gasteiger partial charge on any atom is -0.462 e. The summed E-state index contributed by atoms with van der Waals surface area (Å²) in [7, 11) is 0. The molecule has 0 aliphatic carbocycles. The largest absolute Gasteiger partial charge is 0.462 e. The average Bonchev–Trinajstić information content (AvgIpc) is 3.21. The molecule has 1 N–H and O–H groups in total. The molecule has 0 bridgehead atoms. The first-order chi connectivity index (χ1) is 14.0. The van der Waals surface area contributed by atoms with Gasteiger partial charge in [0.1, 0.15) is 5.82 Å². The van der Waals surface area contributed by atoms with E-state index >= 15 is 0 Å². The molecule has 150 valence electrons. The minimum absolute atomic E-state index is 0.0593. The summed E-state index contributed by atoms with van der Waals surface area (Å²) >= 11 is 0. The van der Waals surface area contributed by atoms with Gasteiger partial charge in [-0.3, -0.25) is 4.79 Å². The molecule has 0 fully saturated rings. The molecular formula is C22H21FN2O4. The molecule has 3 rings (SSSR count). The molecule has 29 heavy (non-hydrogen) atoms. The van der Waals surface area contributed by atoms with Gasteiger partial charge in [-0.25, -0.2) is 9.18 Å². The van der Waals surface area contributed by atoms with Crippen molar-refractivity contribution >= 4 is 17.6 Å². The molecule has 1 amide bonds. The molecule has 0 unspecified atom stereocenters. The maximum absolute atomic E-state index is 13.7. The molecule has 2 aromatic carbocycles. The van der Waals surface area contributed by atoms with E-state index < -0.39 is 11.9 Å². The number of amides is 1. The number of nitrogens with one attached hydrogen (secondary N) is 1. The lowest BCUT2D eigenvalue weighted by Gasteiger charge is -2.06. The molecule has 3 aromatic rings. The van der Waals surface area contributed by atoms with Gasteiger partial charge in [-0.15, -0.1) is 0 Å². The van der Waals surface area contributed by atoms with Crippen molar-refractivity contribution in [3.8, 4) is 11.3 Å². The lowest BCUT2D eigenvalue weighted by atomic mass is 10.1. The van der Waals surface area contributed by atoms with Gasteiger partial charge >= 0.3 is 5.97 Å². The molecule has 0 radical (unpaired) electrons. The number of hydrogen-bond acceptors (Lipinski definition) is 5. The first-order valence-electron chi connectivity index (χ1n) is 9.29. The maximum Gasteiger partial charge on any atom is 0.338 e. The molecular weight excluding hydrogens is 375 g/mol. The molecule has 0 aliphatic rings. The molecule has 1 heterocycles. The van der Waals surface area contributed by atoms with Crippen molar-refractivity contribution in [3.05, 3.63) is 71.2 Å². The summed E-state index contributed by atoms with van der Waals surface area (Å²) < 4.78 is 24.0.